The molecule has 0 bridgehead atoms. The van der Waals surface area contributed by atoms with Crippen LogP contribution in [0.3, 0.4) is 0 Å². The Kier molecular flexibility index (Phi) is 3.78. The van der Waals surface area contributed by atoms with Crippen LogP contribution in [0.15, 0.2) is 29.2 Å². The number of carbonyl (C=O) groups excluding carboxylic acids is 2. The maximum Gasteiger partial charge on any atom is 0.243 e. The standard InChI is InChI=1S/C15H18N2O4S/c1-11-3-2-4-13(7-11)22(20,21)16-8-12(9-16)10-17-14(18)5-6-15(17)19/h2-4,7,12H,5-6,8-10H2,1H3. The second kappa shape index (κ2) is 5.48. The van der Waals surface area contributed by atoms with Crippen LogP contribution >= 0.6 is 0 Å². The van der Waals surface area contributed by atoms with Gasteiger partial charge in [-0.15, -0.1) is 0 Å². The Bertz CT molecular complexity index is 707. The number of carbonyl (C=O) groups is 2. The van der Waals surface area contributed by atoms with Gasteiger partial charge in [0.1, 0.15) is 0 Å². The molecule has 7 heteroatoms. The van der Waals surface area contributed by atoms with Crippen molar-refractivity contribution in [2.24, 2.45) is 5.92 Å². The van der Waals surface area contributed by atoms with E-state index in [1.54, 1.807) is 18.2 Å². The van der Waals surface area contributed by atoms with E-state index in [2.05, 4.69) is 0 Å². The summed E-state index contributed by atoms with van der Waals surface area (Å²) in [6.45, 7) is 2.89. The van der Waals surface area contributed by atoms with Crippen molar-refractivity contribution in [3.8, 4) is 0 Å². The van der Waals surface area contributed by atoms with Crippen LogP contribution in [0, 0.1) is 12.8 Å². The second-order valence-electron chi connectivity index (χ2n) is 5.90. The monoisotopic (exact) mass is 322 g/mol. The van der Waals surface area contributed by atoms with Crippen LogP contribution in [0.5, 0.6) is 0 Å². The molecule has 6 nitrogen and oxygen atoms in total. The number of benzene rings is 1. The molecule has 2 aliphatic heterocycles. The van der Waals surface area contributed by atoms with Crippen LogP contribution < -0.4 is 0 Å². The molecule has 3 rings (SSSR count). The van der Waals surface area contributed by atoms with E-state index in [4.69, 9.17) is 0 Å². The summed E-state index contributed by atoms with van der Waals surface area (Å²) in [6, 6.07) is 6.81. The SMILES string of the molecule is Cc1cccc(S(=O)(=O)N2CC(CN3C(=O)CCC3=O)C2)c1. The topological polar surface area (TPSA) is 74.8 Å². The van der Waals surface area contributed by atoms with Gasteiger partial charge in [-0.3, -0.25) is 14.5 Å². The zero-order chi connectivity index (χ0) is 15.9. The maximum absolute atomic E-state index is 12.5. The van der Waals surface area contributed by atoms with Crippen molar-refractivity contribution in [1.29, 1.82) is 0 Å². The largest absolute Gasteiger partial charge is 0.282 e. The minimum absolute atomic E-state index is 0.0329. The van der Waals surface area contributed by atoms with Gasteiger partial charge in [0.05, 0.1) is 4.90 Å². The van der Waals surface area contributed by atoms with Gasteiger partial charge in [0.15, 0.2) is 0 Å². The molecule has 2 heterocycles. The third kappa shape index (κ3) is 2.66. The van der Waals surface area contributed by atoms with Gasteiger partial charge >= 0.3 is 0 Å². The summed E-state index contributed by atoms with van der Waals surface area (Å²) in [5, 5.41) is 0. The predicted octanol–water partition coefficient (Wildman–Crippen LogP) is 0.765. The van der Waals surface area contributed by atoms with Crippen LogP contribution in [0.1, 0.15) is 18.4 Å². The van der Waals surface area contributed by atoms with Gasteiger partial charge in [-0.05, 0) is 24.6 Å². The first-order valence-corrected chi connectivity index (χ1v) is 8.72. The van der Waals surface area contributed by atoms with Crippen LogP contribution in [0.25, 0.3) is 0 Å². The molecule has 1 aromatic carbocycles. The van der Waals surface area contributed by atoms with Crippen LogP contribution in [-0.4, -0.2) is 49.1 Å². The van der Waals surface area contributed by atoms with Gasteiger partial charge in [-0.2, -0.15) is 4.31 Å². The number of nitrogens with zero attached hydrogens (tertiary/aromatic N) is 2. The molecule has 2 amide bonds. The molecule has 2 aliphatic rings. The Balaban J connectivity index is 1.63. The van der Waals surface area contributed by atoms with E-state index in [0.717, 1.165) is 5.56 Å². The first-order chi connectivity index (χ1) is 10.4. The number of aryl methyl sites for hydroxylation is 1. The molecule has 2 saturated heterocycles. The van der Waals surface area contributed by atoms with Crippen molar-refractivity contribution < 1.29 is 18.0 Å². The van der Waals surface area contributed by atoms with Gasteiger partial charge < -0.3 is 0 Å². The lowest BCUT2D eigenvalue weighted by atomic mass is 10.0. The molecule has 0 atom stereocenters. The van der Waals surface area contributed by atoms with Crippen molar-refractivity contribution in [1.82, 2.24) is 9.21 Å². The fourth-order valence-electron chi connectivity index (χ4n) is 2.84. The van der Waals surface area contributed by atoms with E-state index in [1.165, 1.54) is 9.21 Å². The van der Waals surface area contributed by atoms with Crippen molar-refractivity contribution >= 4 is 21.8 Å². The summed E-state index contributed by atoms with van der Waals surface area (Å²) < 4.78 is 26.3. The summed E-state index contributed by atoms with van der Waals surface area (Å²) in [4.78, 5) is 24.7. The molecule has 0 aliphatic carbocycles. The third-order valence-corrected chi connectivity index (χ3v) is 5.97. The summed E-state index contributed by atoms with van der Waals surface area (Å²) in [7, 11) is -3.47. The van der Waals surface area contributed by atoms with Crippen molar-refractivity contribution in [3.63, 3.8) is 0 Å². The van der Waals surface area contributed by atoms with Crippen molar-refractivity contribution in [2.75, 3.05) is 19.6 Å². The smallest absolute Gasteiger partial charge is 0.243 e. The molecule has 0 N–H and O–H groups in total. The number of imide groups is 1. The molecule has 1 aromatic rings. The molecule has 118 valence electrons. The van der Waals surface area contributed by atoms with Gasteiger partial charge in [0.2, 0.25) is 21.8 Å². The van der Waals surface area contributed by atoms with Gasteiger partial charge in [0, 0.05) is 38.4 Å². The highest BCUT2D eigenvalue weighted by Gasteiger charge is 2.40. The first kappa shape index (κ1) is 15.2. The second-order valence-corrected chi connectivity index (χ2v) is 7.84. The molecular formula is C15H18N2O4S. The van der Waals surface area contributed by atoms with E-state index in [-0.39, 0.29) is 30.6 Å². The number of amides is 2. The fourth-order valence-corrected chi connectivity index (χ4v) is 4.54. The molecule has 22 heavy (non-hydrogen) atoms. The van der Waals surface area contributed by atoms with Crippen LogP contribution in [0.4, 0.5) is 0 Å². The highest BCUT2D eigenvalue weighted by atomic mass is 32.2. The maximum atomic E-state index is 12.5. The average Bonchev–Trinajstić information content (AvgIpc) is 2.73. The van der Waals surface area contributed by atoms with E-state index in [9.17, 15) is 18.0 Å². The Morgan fingerprint density at radius 1 is 1.14 bits per heavy atom. The Hall–Kier alpha value is -1.73. The minimum Gasteiger partial charge on any atom is -0.282 e. The Labute approximate surface area is 129 Å². The van der Waals surface area contributed by atoms with E-state index < -0.39 is 10.0 Å². The highest BCUT2D eigenvalue weighted by molar-refractivity contribution is 7.89. The Morgan fingerprint density at radius 3 is 2.36 bits per heavy atom. The molecule has 0 aromatic heterocycles. The fraction of sp³-hybridized carbons (Fsp3) is 0.467. The average molecular weight is 322 g/mol. The molecule has 0 radical (unpaired) electrons. The van der Waals surface area contributed by atoms with Gasteiger partial charge in [-0.1, -0.05) is 12.1 Å². The lowest BCUT2D eigenvalue weighted by molar-refractivity contribution is -0.139. The normalized spacial score (nSPS) is 20.5. The first-order valence-electron chi connectivity index (χ1n) is 7.28. The summed E-state index contributed by atoms with van der Waals surface area (Å²) in [6.07, 6.45) is 0.549. The minimum atomic E-state index is -3.47. The summed E-state index contributed by atoms with van der Waals surface area (Å²) in [5.74, 6) is -0.263. The molecule has 0 saturated carbocycles. The van der Waals surface area contributed by atoms with E-state index in [1.807, 2.05) is 13.0 Å². The number of likely N-dealkylation sites (tertiary alicyclic amines) is 1. The van der Waals surface area contributed by atoms with Crippen molar-refractivity contribution in [3.05, 3.63) is 29.8 Å². The quantitative estimate of drug-likeness (QED) is 0.767. The molecule has 0 unspecified atom stereocenters. The van der Waals surface area contributed by atoms with Gasteiger partial charge in [0.25, 0.3) is 0 Å². The van der Waals surface area contributed by atoms with E-state index in [0.29, 0.717) is 24.5 Å². The van der Waals surface area contributed by atoms with Crippen LogP contribution in [0.2, 0.25) is 0 Å². The summed E-state index contributed by atoms with van der Waals surface area (Å²) in [5.41, 5.74) is 0.895. The zero-order valence-corrected chi connectivity index (χ0v) is 13.2. The number of rotatable bonds is 4. The van der Waals surface area contributed by atoms with Crippen LogP contribution in [-0.2, 0) is 19.6 Å². The predicted molar refractivity (Wildman–Crippen MR) is 79.4 cm³/mol. The lowest BCUT2D eigenvalue weighted by Crippen LogP contribution is -2.54. The number of hydrogen-bond donors (Lipinski definition) is 0. The van der Waals surface area contributed by atoms with E-state index >= 15 is 0 Å². The van der Waals surface area contributed by atoms with Gasteiger partial charge in [-0.25, -0.2) is 8.42 Å². The zero-order valence-electron chi connectivity index (χ0n) is 12.4. The molecule has 0 spiro atoms. The number of sulfonamides is 1. The third-order valence-electron chi connectivity index (χ3n) is 4.15. The molecular weight excluding hydrogens is 304 g/mol. The summed E-state index contributed by atoms with van der Waals surface area (Å²) >= 11 is 0. The Morgan fingerprint density at radius 2 is 1.77 bits per heavy atom. The number of hydrogen-bond acceptors (Lipinski definition) is 4. The lowest BCUT2D eigenvalue weighted by Gasteiger charge is -2.39. The van der Waals surface area contributed by atoms with Crippen molar-refractivity contribution in [2.45, 2.75) is 24.7 Å². The highest BCUT2D eigenvalue weighted by Crippen LogP contribution is 2.27. The molecule has 2 fully saturated rings.